The summed E-state index contributed by atoms with van der Waals surface area (Å²) in [5.41, 5.74) is 2.53. The molecule has 0 spiro atoms. The Kier molecular flexibility index (Phi) is 4.73. The van der Waals surface area contributed by atoms with Crippen molar-refractivity contribution < 1.29 is 4.79 Å². The van der Waals surface area contributed by atoms with E-state index in [9.17, 15) is 4.79 Å². The maximum absolute atomic E-state index is 11.9. The van der Waals surface area contributed by atoms with Crippen LogP contribution in [-0.4, -0.2) is 5.78 Å². The zero-order valence-electron chi connectivity index (χ0n) is 12.4. The molecule has 1 nitrogen and oxygen atoms in total. The van der Waals surface area contributed by atoms with Gasteiger partial charge in [-0.1, -0.05) is 74.5 Å². The number of Topliss-reactive ketones (excluding diaryl/α,β-unsaturated/α-hetero) is 1. The summed E-state index contributed by atoms with van der Waals surface area (Å²) in [6.45, 7) is 5.95. The normalized spacial score (nSPS) is 15.3. The predicted molar refractivity (Wildman–Crippen MR) is 83.9 cm³/mol. The number of hydrogen-bond acceptors (Lipinski definition) is 1. The molecular weight excluding hydrogens is 244 g/mol. The monoisotopic (exact) mass is 266 g/mol. The van der Waals surface area contributed by atoms with E-state index in [0.29, 0.717) is 5.92 Å². The van der Waals surface area contributed by atoms with Crippen LogP contribution in [0, 0.1) is 5.92 Å². The number of ketones is 1. The lowest BCUT2D eigenvalue weighted by atomic mass is 9.74. The quantitative estimate of drug-likeness (QED) is 0.759. The molecule has 0 radical (unpaired) electrons. The van der Waals surface area contributed by atoms with Gasteiger partial charge in [0.05, 0.1) is 0 Å². The third-order valence-corrected chi connectivity index (χ3v) is 4.23. The van der Waals surface area contributed by atoms with Gasteiger partial charge in [0.1, 0.15) is 5.78 Å². The first-order valence-electron chi connectivity index (χ1n) is 7.21. The van der Waals surface area contributed by atoms with Crippen molar-refractivity contribution >= 4 is 5.78 Å². The van der Waals surface area contributed by atoms with Crippen LogP contribution in [0.2, 0.25) is 0 Å². The fourth-order valence-electron chi connectivity index (χ4n) is 2.90. The summed E-state index contributed by atoms with van der Waals surface area (Å²) in [6, 6.07) is 20.8. The molecule has 20 heavy (non-hydrogen) atoms. The summed E-state index contributed by atoms with van der Waals surface area (Å²) in [5, 5.41) is 0. The van der Waals surface area contributed by atoms with Crippen LogP contribution < -0.4 is 0 Å². The molecule has 0 bridgehead atoms. The Balaban J connectivity index is 2.39. The highest BCUT2D eigenvalue weighted by Gasteiger charge is 2.28. The van der Waals surface area contributed by atoms with Crippen LogP contribution in [-0.2, 0) is 4.79 Å². The number of benzene rings is 2. The standard InChI is InChI=1S/C19H22O/c1-14(16(3)20)19(18-12-8-5-9-13-18)15(2)17-10-6-4-7-11-17/h4-15,19H,1-3H3. The van der Waals surface area contributed by atoms with Crippen LogP contribution in [0.1, 0.15) is 43.7 Å². The second kappa shape index (κ2) is 6.51. The summed E-state index contributed by atoms with van der Waals surface area (Å²) in [7, 11) is 0. The van der Waals surface area contributed by atoms with Crippen LogP contribution in [0.25, 0.3) is 0 Å². The Morgan fingerprint density at radius 1 is 0.800 bits per heavy atom. The summed E-state index contributed by atoms with van der Waals surface area (Å²) in [4.78, 5) is 11.9. The average molecular weight is 266 g/mol. The van der Waals surface area contributed by atoms with E-state index in [1.54, 1.807) is 6.92 Å². The second-order valence-corrected chi connectivity index (χ2v) is 5.54. The first-order valence-corrected chi connectivity index (χ1v) is 7.21. The lowest BCUT2D eigenvalue weighted by molar-refractivity contribution is -0.121. The van der Waals surface area contributed by atoms with E-state index in [0.717, 1.165) is 0 Å². The average Bonchev–Trinajstić information content (AvgIpc) is 2.49. The molecule has 0 aliphatic rings. The molecule has 104 valence electrons. The fourth-order valence-corrected chi connectivity index (χ4v) is 2.90. The van der Waals surface area contributed by atoms with Crippen LogP contribution >= 0.6 is 0 Å². The third kappa shape index (κ3) is 3.16. The molecule has 3 atom stereocenters. The highest BCUT2D eigenvalue weighted by molar-refractivity contribution is 5.79. The minimum atomic E-state index is 0.0209. The molecule has 0 fully saturated rings. The van der Waals surface area contributed by atoms with Crippen molar-refractivity contribution in [3.05, 3.63) is 71.8 Å². The molecule has 0 amide bonds. The van der Waals surface area contributed by atoms with E-state index >= 15 is 0 Å². The van der Waals surface area contributed by atoms with Crippen molar-refractivity contribution in [2.45, 2.75) is 32.6 Å². The molecule has 0 aromatic heterocycles. The number of carbonyl (C=O) groups excluding carboxylic acids is 1. The highest BCUT2D eigenvalue weighted by atomic mass is 16.1. The smallest absolute Gasteiger partial charge is 0.133 e. The molecule has 0 N–H and O–H groups in total. The summed E-state index contributed by atoms with van der Waals surface area (Å²) in [5.74, 6) is 0.808. The molecule has 2 aromatic carbocycles. The molecule has 2 rings (SSSR count). The van der Waals surface area contributed by atoms with E-state index in [2.05, 4.69) is 43.3 Å². The molecule has 3 unspecified atom stereocenters. The van der Waals surface area contributed by atoms with E-state index < -0.39 is 0 Å². The van der Waals surface area contributed by atoms with Gasteiger partial charge in [0, 0.05) is 5.92 Å². The largest absolute Gasteiger partial charge is 0.300 e. The van der Waals surface area contributed by atoms with Crippen LogP contribution in [0.5, 0.6) is 0 Å². The zero-order valence-corrected chi connectivity index (χ0v) is 12.4. The Labute approximate surface area is 121 Å². The van der Waals surface area contributed by atoms with Crippen LogP contribution in [0.4, 0.5) is 0 Å². The van der Waals surface area contributed by atoms with Gasteiger partial charge in [-0.15, -0.1) is 0 Å². The zero-order chi connectivity index (χ0) is 14.5. The first kappa shape index (κ1) is 14.5. The van der Waals surface area contributed by atoms with Gasteiger partial charge >= 0.3 is 0 Å². The molecule has 2 aromatic rings. The lowest BCUT2D eigenvalue weighted by Crippen LogP contribution is -2.22. The van der Waals surface area contributed by atoms with Crippen molar-refractivity contribution in [2.75, 3.05) is 0 Å². The van der Waals surface area contributed by atoms with Gasteiger partial charge in [-0.2, -0.15) is 0 Å². The summed E-state index contributed by atoms with van der Waals surface area (Å²) in [6.07, 6.45) is 0. The van der Waals surface area contributed by atoms with Crippen molar-refractivity contribution in [3.8, 4) is 0 Å². The maximum atomic E-state index is 11.9. The molecular formula is C19H22O. The second-order valence-electron chi connectivity index (χ2n) is 5.54. The SMILES string of the molecule is CC(=O)C(C)C(c1ccccc1)C(C)c1ccccc1. The molecule has 0 aliphatic heterocycles. The Morgan fingerprint density at radius 2 is 1.25 bits per heavy atom. The van der Waals surface area contributed by atoms with Crippen LogP contribution in [0.3, 0.4) is 0 Å². The lowest BCUT2D eigenvalue weighted by Gasteiger charge is -2.29. The topological polar surface area (TPSA) is 17.1 Å². The Hall–Kier alpha value is -1.89. The van der Waals surface area contributed by atoms with Crippen LogP contribution in [0.15, 0.2) is 60.7 Å². The predicted octanol–water partition coefficient (Wildman–Crippen LogP) is 4.80. The maximum Gasteiger partial charge on any atom is 0.133 e. The van der Waals surface area contributed by atoms with Crippen molar-refractivity contribution in [2.24, 2.45) is 5.92 Å². The van der Waals surface area contributed by atoms with Gasteiger partial charge in [-0.3, -0.25) is 4.79 Å². The minimum Gasteiger partial charge on any atom is -0.300 e. The minimum absolute atomic E-state index is 0.0209. The van der Waals surface area contributed by atoms with E-state index in [1.807, 2.05) is 31.2 Å². The number of hydrogen-bond donors (Lipinski definition) is 0. The van der Waals surface area contributed by atoms with Crippen molar-refractivity contribution in [1.29, 1.82) is 0 Å². The van der Waals surface area contributed by atoms with E-state index in [1.165, 1.54) is 11.1 Å². The first-order chi connectivity index (χ1) is 9.61. The van der Waals surface area contributed by atoms with Gasteiger partial charge in [0.15, 0.2) is 0 Å². The van der Waals surface area contributed by atoms with Crippen molar-refractivity contribution in [3.63, 3.8) is 0 Å². The Morgan fingerprint density at radius 3 is 1.70 bits per heavy atom. The molecule has 0 saturated heterocycles. The van der Waals surface area contributed by atoms with E-state index in [-0.39, 0.29) is 17.6 Å². The summed E-state index contributed by atoms with van der Waals surface area (Å²) >= 11 is 0. The van der Waals surface area contributed by atoms with Gasteiger partial charge in [0.2, 0.25) is 0 Å². The van der Waals surface area contributed by atoms with Crippen molar-refractivity contribution in [1.82, 2.24) is 0 Å². The molecule has 0 saturated carbocycles. The number of rotatable bonds is 5. The van der Waals surface area contributed by atoms with Gasteiger partial charge in [-0.05, 0) is 29.9 Å². The molecule has 0 aliphatic carbocycles. The molecule has 0 heterocycles. The van der Waals surface area contributed by atoms with Gasteiger partial charge < -0.3 is 0 Å². The molecule has 1 heteroatoms. The van der Waals surface area contributed by atoms with Gasteiger partial charge in [0.25, 0.3) is 0 Å². The van der Waals surface area contributed by atoms with Gasteiger partial charge in [-0.25, -0.2) is 0 Å². The Bertz CT molecular complexity index is 544. The van der Waals surface area contributed by atoms with E-state index in [4.69, 9.17) is 0 Å². The fraction of sp³-hybridized carbons (Fsp3) is 0.316. The highest BCUT2D eigenvalue weighted by Crippen LogP contribution is 2.38. The third-order valence-electron chi connectivity index (χ3n) is 4.23. The summed E-state index contributed by atoms with van der Waals surface area (Å²) < 4.78 is 0. The number of carbonyl (C=O) groups is 1.